The monoisotopic (exact) mass is 243 g/mol. The van der Waals surface area contributed by atoms with Gasteiger partial charge in [0, 0.05) is 13.0 Å². The average Bonchev–Trinajstić information content (AvgIpc) is 2.37. The number of aliphatic hydroxyl groups is 1. The molecule has 1 saturated heterocycles. The topological polar surface area (TPSA) is 49.8 Å². The van der Waals surface area contributed by atoms with Gasteiger partial charge in [-0.15, -0.1) is 0 Å². The summed E-state index contributed by atoms with van der Waals surface area (Å²) in [6.45, 7) is 3.68. The predicted octanol–water partition coefficient (Wildman–Crippen LogP) is 1.42. The molecule has 4 nitrogen and oxygen atoms in total. The highest BCUT2D eigenvalue weighted by Gasteiger charge is 2.19. The van der Waals surface area contributed by atoms with Gasteiger partial charge in [-0.05, 0) is 57.7 Å². The Hall–Kier alpha value is -0.610. The Morgan fingerprint density at radius 3 is 2.65 bits per heavy atom. The van der Waals surface area contributed by atoms with E-state index in [0.717, 1.165) is 38.9 Å². The van der Waals surface area contributed by atoms with Crippen molar-refractivity contribution in [1.82, 2.24) is 4.90 Å². The number of rotatable bonds is 7. The number of aliphatic hydroxyl groups excluding tert-OH is 1. The fourth-order valence-electron chi connectivity index (χ4n) is 2.37. The zero-order valence-electron chi connectivity index (χ0n) is 10.9. The molecular weight excluding hydrogens is 218 g/mol. The van der Waals surface area contributed by atoms with Gasteiger partial charge in [0.2, 0.25) is 0 Å². The summed E-state index contributed by atoms with van der Waals surface area (Å²) in [5, 5.41) is 8.72. The van der Waals surface area contributed by atoms with Crippen molar-refractivity contribution in [3.63, 3.8) is 0 Å². The third kappa shape index (κ3) is 6.03. The molecule has 0 unspecified atom stereocenters. The van der Waals surface area contributed by atoms with E-state index in [1.54, 1.807) is 0 Å². The van der Waals surface area contributed by atoms with Crippen LogP contribution in [-0.2, 0) is 9.53 Å². The molecule has 1 aliphatic heterocycles. The number of esters is 1. The number of likely N-dealkylation sites (tertiary alicyclic amines) is 1. The molecule has 4 heteroatoms. The van der Waals surface area contributed by atoms with Crippen LogP contribution in [0, 0.1) is 5.92 Å². The molecule has 0 atom stereocenters. The summed E-state index contributed by atoms with van der Waals surface area (Å²) in [4.78, 5) is 13.5. The number of methoxy groups -OCH3 is 1. The lowest BCUT2D eigenvalue weighted by molar-refractivity contribution is -0.141. The van der Waals surface area contributed by atoms with Crippen LogP contribution in [0.4, 0.5) is 0 Å². The van der Waals surface area contributed by atoms with Gasteiger partial charge in [0.25, 0.3) is 0 Å². The molecular formula is C13H25NO3. The van der Waals surface area contributed by atoms with E-state index in [9.17, 15) is 4.79 Å². The van der Waals surface area contributed by atoms with Crippen molar-refractivity contribution >= 4 is 5.97 Å². The highest BCUT2D eigenvalue weighted by molar-refractivity contribution is 5.69. The van der Waals surface area contributed by atoms with Gasteiger partial charge < -0.3 is 14.7 Å². The van der Waals surface area contributed by atoms with Crippen LogP contribution < -0.4 is 0 Å². The number of ether oxygens (including phenoxy) is 1. The summed E-state index contributed by atoms with van der Waals surface area (Å²) in [5.41, 5.74) is 0. The van der Waals surface area contributed by atoms with E-state index in [2.05, 4.69) is 9.64 Å². The Morgan fingerprint density at radius 1 is 1.35 bits per heavy atom. The summed E-state index contributed by atoms with van der Waals surface area (Å²) in [6.07, 6.45) is 5.90. The first-order chi connectivity index (χ1) is 8.26. The van der Waals surface area contributed by atoms with Crippen LogP contribution in [0.5, 0.6) is 0 Å². The number of hydrogen-bond acceptors (Lipinski definition) is 4. The summed E-state index contributed by atoms with van der Waals surface area (Å²) in [5.74, 6) is 0.596. The minimum atomic E-state index is -0.0876. The van der Waals surface area contributed by atoms with E-state index in [-0.39, 0.29) is 5.97 Å². The molecule has 1 rings (SSSR count). The van der Waals surface area contributed by atoms with E-state index >= 15 is 0 Å². The van der Waals surface area contributed by atoms with Crippen LogP contribution in [0.25, 0.3) is 0 Å². The Labute approximate surface area is 104 Å². The van der Waals surface area contributed by atoms with Gasteiger partial charge in [-0.2, -0.15) is 0 Å². The second-order valence-electron chi connectivity index (χ2n) is 4.83. The van der Waals surface area contributed by atoms with Crippen LogP contribution in [0.15, 0.2) is 0 Å². The lowest BCUT2D eigenvalue weighted by Crippen LogP contribution is -2.34. The van der Waals surface area contributed by atoms with E-state index in [1.807, 2.05) is 0 Å². The van der Waals surface area contributed by atoms with Gasteiger partial charge in [-0.1, -0.05) is 0 Å². The molecule has 100 valence electrons. The van der Waals surface area contributed by atoms with Crippen LogP contribution in [0.1, 0.15) is 38.5 Å². The molecule has 1 N–H and O–H groups in total. The largest absolute Gasteiger partial charge is 0.469 e. The fourth-order valence-corrected chi connectivity index (χ4v) is 2.37. The Kier molecular flexibility index (Phi) is 7.21. The molecule has 0 saturated carbocycles. The van der Waals surface area contributed by atoms with Crippen LogP contribution in [-0.4, -0.2) is 49.3 Å². The maximum absolute atomic E-state index is 11.0. The first kappa shape index (κ1) is 14.5. The quantitative estimate of drug-likeness (QED) is 0.543. The molecule has 0 spiro atoms. The minimum Gasteiger partial charge on any atom is -0.469 e. The van der Waals surface area contributed by atoms with Crippen molar-refractivity contribution in [2.45, 2.75) is 38.5 Å². The van der Waals surface area contributed by atoms with E-state index in [4.69, 9.17) is 5.11 Å². The summed E-state index contributed by atoms with van der Waals surface area (Å²) in [7, 11) is 1.45. The fraction of sp³-hybridized carbons (Fsp3) is 0.923. The third-order valence-electron chi connectivity index (χ3n) is 3.57. The highest BCUT2D eigenvalue weighted by Crippen LogP contribution is 2.22. The zero-order chi connectivity index (χ0) is 12.5. The maximum Gasteiger partial charge on any atom is 0.305 e. The molecule has 0 aromatic rings. The molecule has 0 aliphatic carbocycles. The summed E-state index contributed by atoms with van der Waals surface area (Å²) in [6, 6.07) is 0. The van der Waals surface area contributed by atoms with Gasteiger partial charge in [0.15, 0.2) is 0 Å². The van der Waals surface area contributed by atoms with Crippen LogP contribution in [0.3, 0.4) is 0 Å². The first-order valence-electron chi connectivity index (χ1n) is 6.66. The van der Waals surface area contributed by atoms with Crippen molar-refractivity contribution in [2.24, 2.45) is 5.92 Å². The molecule has 1 aliphatic rings. The standard InChI is InChI=1S/C13H25NO3/c1-17-13(16)5-4-12-6-9-14(10-7-12)8-2-3-11-15/h12,15H,2-11H2,1H3. The first-order valence-corrected chi connectivity index (χ1v) is 6.66. The van der Waals surface area contributed by atoms with Gasteiger partial charge in [0.05, 0.1) is 7.11 Å². The average molecular weight is 243 g/mol. The van der Waals surface area contributed by atoms with Crippen molar-refractivity contribution in [3.8, 4) is 0 Å². The smallest absolute Gasteiger partial charge is 0.305 e. The van der Waals surface area contributed by atoms with Crippen LogP contribution >= 0.6 is 0 Å². The number of carbonyl (C=O) groups excluding carboxylic acids is 1. The van der Waals surface area contributed by atoms with E-state index in [1.165, 1.54) is 20.0 Å². The van der Waals surface area contributed by atoms with Crippen molar-refractivity contribution in [3.05, 3.63) is 0 Å². The van der Waals surface area contributed by atoms with Gasteiger partial charge in [-0.3, -0.25) is 4.79 Å². The second-order valence-corrected chi connectivity index (χ2v) is 4.83. The number of carbonyl (C=O) groups is 1. The molecule has 17 heavy (non-hydrogen) atoms. The van der Waals surface area contributed by atoms with E-state index < -0.39 is 0 Å². The molecule has 0 aromatic carbocycles. The number of hydrogen-bond donors (Lipinski definition) is 1. The lowest BCUT2D eigenvalue weighted by Gasteiger charge is -2.31. The van der Waals surface area contributed by atoms with Crippen molar-refractivity contribution in [1.29, 1.82) is 0 Å². The number of piperidine rings is 1. The van der Waals surface area contributed by atoms with Crippen molar-refractivity contribution < 1.29 is 14.6 Å². The van der Waals surface area contributed by atoms with Crippen molar-refractivity contribution in [2.75, 3.05) is 33.4 Å². The molecule has 1 heterocycles. The predicted molar refractivity (Wildman–Crippen MR) is 66.7 cm³/mol. The van der Waals surface area contributed by atoms with E-state index in [0.29, 0.717) is 18.9 Å². The van der Waals surface area contributed by atoms with Gasteiger partial charge in [0.1, 0.15) is 0 Å². The van der Waals surface area contributed by atoms with Gasteiger partial charge in [-0.25, -0.2) is 0 Å². The molecule has 0 aromatic heterocycles. The number of nitrogens with zero attached hydrogens (tertiary/aromatic N) is 1. The molecule has 1 fully saturated rings. The Bertz CT molecular complexity index is 213. The van der Waals surface area contributed by atoms with Gasteiger partial charge >= 0.3 is 5.97 Å². The molecule has 0 radical (unpaired) electrons. The lowest BCUT2D eigenvalue weighted by atomic mass is 9.92. The van der Waals surface area contributed by atoms with Crippen LogP contribution in [0.2, 0.25) is 0 Å². The minimum absolute atomic E-state index is 0.0876. The second kappa shape index (κ2) is 8.48. The zero-order valence-corrected chi connectivity index (χ0v) is 10.9. The normalized spacial score (nSPS) is 18.2. The Morgan fingerprint density at radius 2 is 2.06 bits per heavy atom. The summed E-state index contributed by atoms with van der Waals surface area (Å²) < 4.78 is 4.65. The molecule has 0 bridgehead atoms. The summed E-state index contributed by atoms with van der Waals surface area (Å²) >= 11 is 0. The molecule has 0 amide bonds. The third-order valence-corrected chi connectivity index (χ3v) is 3.57. The number of unbranched alkanes of at least 4 members (excludes halogenated alkanes) is 1. The highest BCUT2D eigenvalue weighted by atomic mass is 16.5. The maximum atomic E-state index is 11.0. The SMILES string of the molecule is COC(=O)CCC1CCN(CCCCO)CC1. The Balaban J connectivity index is 2.07.